The van der Waals surface area contributed by atoms with E-state index in [9.17, 15) is 9.59 Å². The van der Waals surface area contributed by atoms with Gasteiger partial charge in [0.25, 0.3) is 0 Å². The van der Waals surface area contributed by atoms with E-state index in [1.165, 1.54) is 14.2 Å². The lowest BCUT2D eigenvalue weighted by atomic mass is 9.98. The van der Waals surface area contributed by atoms with Gasteiger partial charge < -0.3 is 9.47 Å². The maximum atomic E-state index is 12.5. The Morgan fingerprint density at radius 1 is 0.880 bits per heavy atom. The van der Waals surface area contributed by atoms with Crippen molar-refractivity contribution in [3.05, 3.63) is 77.9 Å². The molecular formula is C21H20O4. The number of rotatable bonds is 5. The number of esters is 2. The standard InChI is InChI=1S/C21H20O4/c1-24-19(22)21(20(23)25-2)17(14-13-15-9-5-3-6-10-15)18(21)16-11-7-4-8-12-16/h3-14,17-18H,1-2H3/b14-13+. The van der Waals surface area contributed by atoms with Crippen molar-refractivity contribution >= 4 is 18.0 Å². The molecule has 1 fully saturated rings. The molecule has 0 heterocycles. The molecule has 2 unspecified atom stereocenters. The number of hydrogen-bond donors (Lipinski definition) is 0. The van der Waals surface area contributed by atoms with E-state index in [1.54, 1.807) is 0 Å². The van der Waals surface area contributed by atoms with Crippen LogP contribution in [0.25, 0.3) is 6.08 Å². The summed E-state index contributed by atoms with van der Waals surface area (Å²) in [5.41, 5.74) is 0.599. The predicted octanol–water partition coefficient (Wildman–Crippen LogP) is 3.45. The number of carbonyl (C=O) groups is 2. The minimum atomic E-state index is -1.32. The zero-order valence-electron chi connectivity index (χ0n) is 14.2. The molecule has 0 aromatic heterocycles. The summed E-state index contributed by atoms with van der Waals surface area (Å²) < 4.78 is 9.92. The van der Waals surface area contributed by atoms with Gasteiger partial charge in [-0.05, 0) is 11.1 Å². The first-order valence-corrected chi connectivity index (χ1v) is 8.11. The Morgan fingerprint density at radius 2 is 1.40 bits per heavy atom. The Hall–Kier alpha value is -2.88. The van der Waals surface area contributed by atoms with Crippen molar-refractivity contribution in [2.75, 3.05) is 14.2 Å². The molecule has 0 spiro atoms. The monoisotopic (exact) mass is 336 g/mol. The summed E-state index contributed by atoms with van der Waals surface area (Å²) in [5.74, 6) is -1.73. The van der Waals surface area contributed by atoms with Gasteiger partial charge in [0, 0.05) is 11.8 Å². The van der Waals surface area contributed by atoms with E-state index < -0.39 is 17.4 Å². The third-order valence-electron chi connectivity index (χ3n) is 4.77. The Morgan fingerprint density at radius 3 is 1.92 bits per heavy atom. The predicted molar refractivity (Wildman–Crippen MR) is 94.6 cm³/mol. The third kappa shape index (κ3) is 2.84. The summed E-state index contributed by atoms with van der Waals surface area (Å²) in [6.07, 6.45) is 3.83. The molecule has 2 aromatic rings. The number of hydrogen-bond acceptors (Lipinski definition) is 4. The fourth-order valence-corrected chi connectivity index (χ4v) is 3.53. The second kappa shape index (κ2) is 6.93. The molecule has 4 heteroatoms. The van der Waals surface area contributed by atoms with E-state index >= 15 is 0 Å². The molecule has 0 amide bonds. The van der Waals surface area contributed by atoms with Crippen LogP contribution in [-0.2, 0) is 19.1 Å². The maximum Gasteiger partial charge on any atom is 0.324 e. The summed E-state index contributed by atoms with van der Waals surface area (Å²) in [7, 11) is 2.59. The molecule has 128 valence electrons. The van der Waals surface area contributed by atoms with Crippen LogP contribution in [0.15, 0.2) is 66.7 Å². The first-order chi connectivity index (χ1) is 12.2. The Kier molecular flexibility index (Phi) is 4.70. The van der Waals surface area contributed by atoms with Gasteiger partial charge in [-0.1, -0.05) is 72.8 Å². The third-order valence-corrected chi connectivity index (χ3v) is 4.77. The average Bonchev–Trinajstić information content (AvgIpc) is 3.36. The summed E-state index contributed by atoms with van der Waals surface area (Å²) in [6, 6.07) is 19.3. The van der Waals surface area contributed by atoms with Crippen molar-refractivity contribution in [2.24, 2.45) is 11.3 Å². The number of ether oxygens (including phenoxy) is 2. The molecule has 1 aliphatic carbocycles. The van der Waals surface area contributed by atoms with Crippen molar-refractivity contribution in [1.29, 1.82) is 0 Å². The van der Waals surface area contributed by atoms with E-state index in [0.717, 1.165) is 11.1 Å². The maximum absolute atomic E-state index is 12.5. The van der Waals surface area contributed by atoms with Gasteiger partial charge in [-0.15, -0.1) is 0 Å². The van der Waals surface area contributed by atoms with Gasteiger partial charge in [-0.2, -0.15) is 0 Å². The molecule has 25 heavy (non-hydrogen) atoms. The van der Waals surface area contributed by atoms with E-state index in [2.05, 4.69) is 0 Å². The molecule has 1 aliphatic rings. The number of carbonyl (C=O) groups excluding carboxylic acids is 2. The van der Waals surface area contributed by atoms with Crippen LogP contribution in [0.3, 0.4) is 0 Å². The van der Waals surface area contributed by atoms with E-state index in [1.807, 2.05) is 72.8 Å². The molecule has 4 nitrogen and oxygen atoms in total. The van der Waals surface area contributed by atoms with E-state index in [4.69, 9.17) is 9.47 Å². The number of methoxy groups -OCH3 is 2. The lowest BCUT2D eigenvalue weighted by Crippen LogP contribution is -2.31. The lowest BCUT2D eigenvalue weighted by molar-refractivity contribution is -0.162. The molecule has 0 bridgehead atoms. The summed E-state index contributed by atoms with van der Waals surface area (Å²) in [5, 5.41) is 0. The van der Waals surface area contributed by atoms with Gasteiger partial charge in [0.2, 0.25) is 0 Å². The van der Waals surface area contributed by atoms with Crippen LogP contribution < -0.4 is 0 Å². The van der Waals surface area contributed by atoms with Gasteiger partial charge in [-0.3, -0.25) is 9.59 Å². The second-order valence-corrected chi connectivity index (χ2v) is 6.04. The summed E-state index contributed by atoms with van der Waals surface area (Å²) in [4.78, 5) is 25.1. The minimum Gasteiger partial charge on any atom is -0.468 e. The molecule has 3 rings (SSSR count). The van der Waals surface area contributed by atoms with Crippen molar-refractivity contribution < 1.29 is 19.1 Å². The van der Waals surface area contributed by atoms with Crippen LogP contribution in [-0.4, -0.2) is 26.2 Å². The first kappa shape index (κ1) is 17.0. The highest BCUT2D eigenvalue weighted by molar-refractivity contribution is 6.06. The van der Waals surface area contributed by atoms with Gasteiger partial charge in [0.05, 0.1) is 14.2 Å². The Labute approximate surface area is 147 Å². The van der Waals surface area contributed by atoms with Crippen LogP contribution in [0.2, 0.25) is 0 Å². The quantitative estimate of drug-likeness (QED) is 0.620. The second-order valence-electron chi connectivity index (χ2n) is 6.04. The normalized spacial score (nSPS) is 20.9. The molecule has 1 saturated carbocycles. The molecule has 0 N–H and O–H groups in total. The highest BCUT2D eigenvalue weighted by atomic mass is 16.5. The topological polar surface area (TPSA) is 52.6 Å². The van der Waals surface area contributed by atoms with Crippen LogP contribution in [0.4, 0.5) is 0 Å². The van der Waals surface area contributed by atoms with Crippen LogP contribution in [0, 0.1) is 11.3 Å². The van der Waals surface area contributed by atoms with Crippen LogP contribution in [0.5, 0.6) is 0 Å². The fraction of sp³-hybridized carbons (Fsp3) is 0.238. The van der Waals surface area contributed by atoms with Crippen molar-refractivity contribution in [3.63, 3.8) is 0 Å². The zero-order chi connectivity index (χ0) is 17.9. The zero-order valence-corrected chi connectivity index (χ0v) is 14.2. The van der Waals surface area contributed by atoms with Gasteiger partial charge in [0.15, 0.2) is 5.41 Å². The number of allylic oxidation sites excluding steroid dienone is 1. The summed E-state index contributed by atoms with van der Waals surface area (Å²) in [6.45, 7) is 0. The largest absolute Gasteiger partial charge is 0.468 e. The lowest BCUT2D eigenvalue weighted by Gasteiger charge is -2.12. The minimum absolute atomic E-state index is 0.298. The van der Waals surface area contributed by atoms with Gasteiger partial charge in [0.1, 0.15) is 0 Å². The SMILES string of the molecule is COC(=O)C1(C(=O)OC)C(/C=C/c2ccccc2)C1c1ccccc1. The molecule has 0 aliphatic heterocycles. The molecule has 0 radical (unpaired) electrons. The number of benzene rings is 2. The van der Waals surface area contributed by atoms with E-state index in [0.29, 0.717) is 0 Å². The fourth-order valence-electron chi connectivity index (χ4n) is 3.53. The van der Waals surface area contributed by atoms with E-state index in [-0.39, 0.29) is 11.8 Å². The highest BCUT2D eigenvalue weighted by Gasteiger charge is 2.75. The smallest absolute Gasteiger partial charge is 0.324 e. The molecule has 2 atom stereocenters. The highest BCUT2D eigenvalue weighted by Crippen LogP contribution is 2.67. The van der Waals surface area contributed by atoms with Crippen LogP contribution in [0.1, 0.15) is 17.0 Å². The average molecular weight is 336 g/mol. The van der Waals surface area contributed by atoms with Crippen molar-refractivity contribution in [2.45, 2.75) is 5.92 Å². The van der Waals surface area contributed by atoms with Crippen molar-refractivity contribution in [1.82, 2.24) is 0 Å². The van der Waals surface area contributed by atoms with Crippen LogP contribution >= 0.6 is 0 Å². The van der Waals surface area contributed by atoms with Crippen molar-refractivity contribution in [3.8, 4) is 0 Å². The molecular weight excluding hydrogens is 316 g/mol. The molecule has 2 aromatic carbocycles. The summed E-state index contributed by atoms with van der Waals surface area (Å²) >= 11 is 0. The first-order valence-electron chi connectivity index (χ1n) is 8.11. The van der Waals surface area contributed by atoms with Gasteiger partial charge in [-0.25, -0.2) is 0 Å². The molecule has 0 saturated heterocycles. The Bertz CT molecular complexity index is 764. The Balaban J connectivity index is 2.02. The van der Waals surface area contributed by atoms with Gasteiger partial charge >= 0.3 is 11.9 Å².